The van der Waals surface area contributed by atoms with E-state index in [-0.39, 0.29) is 11.8 Å². The minimum atomic E-state index is 0.0701. The van der Waals surface area contributed by atoms with Crippen molar-refractivity contribution in [1.82, 2.24) is 10.6 Å². The minimum Gasteiger partial charge on any atom is -0.372 e. The van der Waals surface area contributed by atoms with Crippen LogP contribution in [0, 0.1) is 5.92 Å². The van der Waals surface area contributed by atoms with Crippen molar-refractivity contribution in [3.05, 3.63) is 59.7 Å². The summed E-state index contributed by atoms with van der Waals surface area (Å²) in [6.45, 7) is 8.78. The van der Waals surface area contributed by atoms with Gasteiger partial charge in [-0.1, -0.05) is 37.3 Å². The number of anilines is 2. The number of piperidine rings is 1. The summed E-state index contributed by atoms with van der Waals surface area (Å²) >= 11 is 0. The Morgan fingerprint density at radius 1 is 1.09 bits per heavy atom. The van der Waals surface area contributed by atoms with Crippen LogP contribution >= 0.6 is 0 Å². The number of aliphatic imine (C=N–C) groups is 1. The lowest BCUT2D eigenvalue weighted by atomic mass is 9.90. The summed E-state index contributed by atoms with van der Waals surface area (Å²) in [7, 11) is 0. The van der Waals surface area contributed by atoms with Gasteiger partial charge in [0.05, 0.1) is 6.54 Å². The summed E-state index contributed by atoms with van der Waals surface area (Å²) in [5.74, 6) is 1.83. The molecule has 2 aromatic rings. The Hall–Kier alpha value is -3.02. The molecule has 6 heteroatoms. The largest absolute Gasteiger partial charge is 0.372 e. The monoisotopic (exact) mass is 433 g/mol. The molecule has 1 unspecified atom stereocenters. The van der Waals surface area contributed by atoms with Gasteiger partial charge < -0.3 is 20.9 Å². The van der Waals surface area contributed by atoms with Crippen LogP contribution < -0.4 is 20.9 Å². The average Bonchev–Trinajstić information content (AvgIpc) is 2.81. The van der Waals surface area contributed by atoms with E-state index in [4.69, 9.17) is 4.99 Å². The second-order valence-electron chi connectivity index (χ2n) is 8.95. The lowest BCUT2D eigenvalue weighted by molar-refractivity contribution is -0.116. The Bertz CT molecular complexity index is 931. The smallest absolute Gasteiger partial charge is 0.225 e. The maximum Gasteiger partial charge on any atom is 0.225 e. The molecule has 3 N–H and O–H groups in total. The molecule has 1 fully saturated rings. The van der Waals surface area contributed by atoms with Gasteiger partial charge in [0.15, 0.2) is 5.96 Å². The van der Waals surface area contributed by atoms with E-state index in [0.717, 1.165) is 37.2 Å². The van der Waals surface area contributed by atoms with E-state index in [9.17, 15) is 4.79 Å². The number of amides is 1. The first-order valence-corrected chi connectivity index (χ1v) is 11.9. The molecule has 0 bridgehead atoms. The number of para-hydroxylation sites is 1. The van der Waals surface area contributed by atoms with Crippen LogP contribution in [0.2, 0.25) is 0 Å². The van der Waals surface area contributed by atoms with Gasteiger partial charge in [-0.05, 0) is 55.0 Å². The Labute approximate surface area is 191 Å². The molecule has 4 rings (SSSR count). The molecule has 2 heterocycles. The second-order valence-corrected chi connectivity index (χ2v) is 8.95. The molecule has 2 aliphatic heterocycles. The van der Waals surface area contributed by atoms with Crippen LogP contribution in [-0.2, 0) is 11.3 Å². The van der Waals surface area contributed by atoms with Crippen LogP contribution in [0.5, 0.6) is 0 Å². The van der Waals surface area contributed by atoms with Gasteiger partial charge in [0, 0.05) is 49.9 Å². The van der Waals surface area contributed by atoms with E-state index in [0.29, 0.717) is 19.5 Å². The zero-order valence-corrected chi connectivity index (χ0v) is 19.2. The molecule has 0 saturated carbocycles. The molecule has 0 aromatic heterocycles. The number of guanidine groups is 1. The van der Waals surface area contributed by atoms with Gasteiger partial charge in [-0.3, -0.25) is 4.79 Å². The maximum atomic E-state index is 12.1. The molecule has 2 aromatic carbocycles. The fraction of sp³-hybridized carbons (Fsp3) is 0.462. The third kappa shape index (κ3) is 5.61. The lowest BCUT2D eigenvalue weighted by Gasteiger charge is -2.32. The number of nitrogens with one attached hydrogen (secondary N) is 3. The summed E-state index contributed by atoms with van der Waals surface area (Å²) in [6, 6.07) is 16.8. The van der Waals surface area contributed by atoms with E-state index in [1.165, 1.54) is 29.7 Å². The van der Waals surface area contributed by atoms with Crippen molar-refractivity contribution in [3.8, 4) is 0 Å². The first-order chi connectivity index (χ1) is 15.6. The molecule has 1 atom stereocenters. The number of benzene rings is 2. The van der Waals surface area contributed by atoms with Crippen molar-refractivity contribution in [2.24, 2.45) is 10.9 Å². The molecule has 6 nitrogen and oxygen atoms in total. The van der Waals surface area contributed by atoms with E-state index < -0.39 is 0 Å². The summed E-state index contributed by atoms with van der Waals surface area (Å²) in [4.78, 5) is 19.3. The van der Waals surface area contributed by atoms with E-state index in [1.807, 2.05) is 18.2 Å². The first-order valence-electron chi connectivity index (χ1n) is 11.9. The highest BCUT2D eigenvalue weighted by atomic mass is 16.1. The number of rotatable bonds is 6. The maximum absolute atomic E-state index is 12.1. The highest BCUT2D eigenvalue weighted by Crippen LogP contribution is 2.31. The fourth-order valence-corrected chi connectivity index (χ4v) is 4.49. The zero-order valence-electron chi connectivity index (χ0n) is 19.2. The van der Waals surface area contributed by atoms with Gasteiger partial charge in [-0.15, -0.1) is 0 Å². The molecule has 1 amide bonds. The van der Waals surface area contributed by atoms with E-state index in [1.54, 1.807) is 0 Å². The number of fused-ring (bicyclic) bond motifs is 1. The standard InChI is InChI=1S/C26H35N5O/c1-3-27-26(29-18-21-16-25(32)30-24-7-5-4-6-23(21)24)28-17-20-8-10-22(11-9-20)31-14-12-19(2)13-15-31/h4-11,19,21H,3,12-18H2,1-2H3,(H,30,32)(H2,27,28,29). The number of carbonyl (C=O) groups excluding carboxylic acids is 1. The highest BCUT2D eigenvalue weighted by Gasteiger charge is 2.24. The van der Waals surface area contributed by atoms with E-state index in [2.05, 4.69) is 65.0 Å². The molecular formula is C26H35N5O. The summed E-state index contributed by atoms with van der Waals surface area (Å²) in [6.07, 6.45) is 3.04. The van der Waals surface area contributed by atoms with Crippen LogP contribution in [-0.4, -0.2) is 38.0 Å². The van der Waals surface area contributed by atoms with Crippen LogP contribution in [0.1, 0.15) is 50.2 Å². The zero-order chi connectivity index (χ0) is 22.3. The van der Waals surface area contributed by atoms with Gasteiger partial charge in [-0.2, -0.15) is 0 Å². The predicted molar refractivity (Wildman–Crippen MR) is 132 cm³/mol. The normalized spacial score (nSPS) is 19.3. The SMILES string of the molecule is CCNC(=NCc1ccc(N2CCC(C)CC2)cc1)NCC1CC(=O)Nc2ccccc21. The topological polar surface area (TPSA) is 68.8 Å². The Kier molecular flexibility index (Phi) is 7.30. The Morgan fingerprint density at radius 2 is 1.84 bits per heavy atom. The van der Waals surface area contributed by atoms with Crippen molar-refractivity contribution < 1.29 is 4.79 Å². The van der Waals surface area contributed by atoms with E-state index >= 15 is 0 Å². The van der Waals surface area contributed by atoms with Crippen LogP contribution in [0.3, 0.4) is 0 Å². The third-order valence-corrected chi connectivity index (χ3v) is 6.47. The number of nitrogens with zero attached hydrogens (tertiary/aromatic N) is 2. The molecular weight excluding hydrogens is 398 g/mol. The average molecular weight is 434 g/mol. The summed E-state index contributed by atoms with van der Waals surface area (Å²) in [5.41, 5.74) is 4.60. The molecule has 32 heavy (non-hydrogen) atoms. The van der Waals surface area contributed by atoms with Crippen LogP contribution in [0.25, 0.3) is 0 Å². The van der Waals surface area contributed by atoms with Gasteiger partial charge in [0.1, 0.15) is 0 Å². The predicted octanol–water partition coefficient (Wildman–Crippen LogP) is 4.10. The van der Waals surface area contributed by atoms with Crippen LogP contribution in [0.15, 0.2) is 53.5 Å². The Balaban J connectivity index is 1.36. The summed E-state index contributed by atoms with van der Waals surface area (Å²) < 4.78 is 0. The second kappa shape index (κ2) is 10.5. The van der Waals surface area contributed by atoms with Gasteiger partial charge >= 0.3 is 0 Å². The van der Waals surface area contributed by atoms with Gasteiger partial charge in [-0.25, -0.2) is 4.99 Å². The third-order valence-electron chi connectivity index (χ3n) is 6.47. The molecule has 2 aliphatic rings. The molecule has 0 spiro atoms. The molecule has 0 radical (unpaired) electrons. The lowest BCUT2D eigenvalue weighted by Crippen LogP contribution is -2.40. The molecule has 0 aliphatic carbocycles. The van der Waals surface area contributed by atoms with Crippen molar-refractivity contribution >= 4 is 23.2 Å². The van der Waals surface area contributed by atoms with Crippen molar-refractivity contribution in [2.45, 2.75) is 45.6 Å². The van der Waals surface area contributed by atoms with Gasteiger partial charge in [0.25, 0.3) is 0 Å². The summed E-state index contributed by atoms with van der Waals surface area (Å²) in [5, 5.41) is 9.73. The van der Waals surface area contributed by atoms with Crippen molar-refractivity contribution in [3.63, 3.8) is 0 Å². The molecule has 170 valence electrons. The fourth-order valence-electron chi connectivity index (χ4n) is 4.49. The molecule has 1 saturated heterocycles. The highest BCUT2D eigenvalue weighted by molar-refractivity contribution is 5.94. The quantitative estimate of drug-likeness (QED) is 0.474. The van der Waals surface area contributed by atoms with Crippen LogP contribution in [0.4, 0.5) is 11.4 Å². The van der Waals surface area contributed by atoms with Crippen molar-refractivity contribution in [1.29, 1.82) is 0 Å². The van der Waals surface area contributed by atoms with Crippen molar-refractivity contribution in [2.75, 3.05) is 36.4 Å². The first kappa shape index (κ1) is 22.2. The number of carbonyl (C=O) groups is 1. The Morgan fingerprint density at radius 3 is 2.59 bits per heavy atom. The number of hydrogen-bond acceptors (Lipinski definition) is 3. The number of hydrogen-bond donors (Lipinski definition) is 3. The minimum absolute atomic E-state index is 0.0701. The van der Waals surface area contributed by atoms with Gasteiger partial charge in [0.2, 0.25) is 5.91 Å².